The molecule has 0 spiro atoms. The average Bonchev–Trinajstić information content (AvgIpc) is 3.24. The Kier molecular flexibility index (Phi) is 22.1. The first-order valence-corrected chi connectivity index (χ1v) is 22.7. The minimum atomic E-state index is -0.518. The normalized spacial score (nSPS) is 18.0. The number of benzene rings is 3. The maximum atomic E-state index is 12.7. The van der Waals surface area contributed by atoms with E-state index in [-0.39, 0.29) is 36.5 Å². The Morgan fingerprint density at radius 2 is 1.29 bits per heavy atom. The number of amides is 2. The van der Waals surface area contributed by atoms with Crippen molar-refractivity contribution in [3.63, 3.8) is 0 Å². The fourth-order valence-electron chi connectivity index (χ4n) is 8.02. The number of hydrogen-bond acceptors (Lipinski definition) is 6. The summed E-state index contributed by atoms with van der Waals surface area (Å²) in [5.41, 5.74) is 6.22. The van der Waals surface area contributed by atoms with Gasteiger partial charge in [-0.05, 0) is 66.6 Å². The zero-order valence-corrected chi connectivity index (χ0v) is 36.3. The third kappa shape index (κ3) is 16.6. The van der Waals surface area contributed by atoms with E-state index in [4.69, 9.17) is 9.47 Å². The number of ether oxygens (including phenoxy) is 2. The van der Waals surface area contributed by atoms with Gasteiger partial charge < -0.3 is 30.1 Å². The summed E-state index contributed by atoms with van der Waals surface area (Å²) in [5.74, 6) is 0.158. The summed E-state index contributed by atoms with van der Waals surface area (Å²) < 4.78 is 13.8. The van der Waals surface area contributed by atoms with E-state index in [0.29, 0.717) is 19.5 Å². The van der Waals surface area contributed by atoms with Crippen molar-refractivity contribution in [3.05, 3.63) is 95.1 Å². The molecule has 1 fully saturated rings. The van der Waals surface area contributed by atoms with E-state index in [2.05, 4.69) is 84.8 Å². The second kappa shape index (κ2) is 27.2. The lowest BCUT2D eigenvalue weighted by atomic mass is 9.89. The van der Waals surface area contributed by atoms with E-state index in [9.17, 15) is 14.7 Å². The van der Waals surface area contributed by atoms with E-state index in [0.717, 1.165) is 72.3 Å². The van der Waals surface area contributed by atoms with Crippen LogP contribution in [0.25, 0.3) is 11.1 Å². The van der Waals surface area contributed by atoms with Crippen LogP contribution in [-0.2, 0) is 32.2 Å². The smallest absolute Gasteiger partial charge is 0.220 e. The monoisotopic (exact) mass is 798 g/mol. The van der Waals surface area contributed by atoms with Gasteiger partial charge in [-0.25, -0.2) is 0 Å². The molecule has 320 valence electrons. The van der Waals surface area contributed by atoms with Crippen molar-refractivity contribution in [1.29, 1.82) is 0 Å². The summed E-state index contributed by atoms with van der Waals surface area (Å²) >= 11 is 0. The Morgan fingerprint density at radius 3 is 1.93 bits per heavy atom. The number of aliphatic hydroxyl groups is 1. The van der Waals surface area contributed by atoms with E-state index < -0.39 is 6.29 Å². The van der Waals surface area contributed by atoms with Crippen LogP contribution in [-0.4, -0.2) is 54.1 Å². The third-order valence-corrected chi connectivity index (χ3v) is 11.7. The third-order valence-electron chi connectivity index (χ3n) is 11.7. The van der Waals surface area contributed by atoms with E-state index in [1.165, 1.54) is 84.0 Å². The van der Waals surface area contributed by atoms with Gasteiger partial charge in [-0.2, -0.15) is 0 Å². The average molecular weight is 798 g/mol. The van der Waals surface area contributed by atoms with Crippen molar-refractivity contribution in [3.8, 4) is 11.1 Å². The van der Waals surface area contributed by atoms with E-state index in [1.807, 2.05) is 24.3 Å². The Balaban J connectivity index is 1.46. The number of unbranched alkanes of at least 4 members (excludes halogenated alkanes) is 12. The molecule has 58 heavy (non-hydrogen) atoms. The lowest BCUT2D eigenvalue weighted by Gasteiger charge is -2.43. The standard InChI is InChI=1S/C50H75N3O5/c1-5-7-9-11-13-20-34-53(35-21-14-12-10-8-6-2)37-47-39(3)49(43-27-25-41(38-54)26-28-43)58-50(57-47)44-31-29-42(30-32-44)46-23-18-17-22-45(46)36-52-48(56)24-16-15-19-33-51-40(4)55/h17-18,22-23,25-32,39,47,49-50,54H,5-16,19-21,24,33-38H2,1-4H3,(H,51,55)(H,52,56). The van der Waals surface area contributed by atoms with Gasteiger partial charge in [-0.1, -0.05) is 164 Å². The van der Waals surface area contributed by atoms with Gasteiger partial charge in [-0.3, -0.25) is 9.59 Å². The van der Waals surface area contributed by atoms with Crippen LogP contribution in [0.1, 0.15) is 165 Å². The molecule has 0 saturated carbocycles. The quantitative estimate of drug-likeness (QED) is 0.0633. The SMILES string of the molecule is CCCCCCCCN(CCCCCCCC)CC1OC(c2ccc(-c3ccccc3CNC(=O)CCCCCNC(C)=O)cc2)OC(c2ccc(CO)cc2)C1C. The van der Waals surface area contributed by atoms with Crippen LogP contribution in [0.5, 0.6) is 0 Å². The predicted octanol–water partition coefficient (Wildman–Crippen LogP) is 11.0. The maximum Gasteiger partial charge on any atom is 0.220 e. The van der Waals surface area contributed by atoms with Crippen molar-refractivity contribution in [2.75, 3.05) is 26.2 Å². The number of aliphatic hydroxyl groups excluding tert-OH is 1. The number of hydrogen-bond donors (Lipinski definition) is 3. The molecule has 0 aliphatic carbocycles. The van der Waals surface area contributed by atoms with Crippen molar-refractivity contribution in [2.24, 2.45) is 5.92 Å². The molecule has 1 heterocycles. The fourth-order valence-corrected chi connectivity index (χ4v) is 8.02. The highest BCUT2D eigenvalue weighted by Crippen LogP contribution is 2.42. The minimum Gasteiger partial charge on any atom is -0.392 e. The molecule has 1 aliphatic heterocycles. The van der Waals surface area contributed by atoms with E-state index in [1.54, 1.807) is 0 Å². The molecule has 0 bridgehead atoms. The molecule has 3 aromatic rings. The predicted molar refractivity (Wildman–Crippen MR) is 237 cm³/mol. The summed E-state index contributed by atoms with van der Waals surface area (Å²) in [5, 5.41) is 15.7. The first kappa shape index (κ1) is 47.1. The molecular formula is C50H75N3O5. The zero-order chi connectivity index (χ0) is 41.4. The molecular weight excluding hydrogens is 723 g/mol. The highest BCUT2D eigenvalue weighted by atomic mass is 16.7. The van der Waals surface area contributed by atoms with Gasteiger partial charge in [-0.15, -0.1) is 0 Å². The summed E-state index contributed by atoms with van der Waals surface area (Å²) in [7, 11) is 0. The molecule has 3 aromatic carbocycles. The van der Waals surface area contributed by atoms with Crippen molar-refractivity contribution in [2.45, 2.75) is 162 Å². The van der Waals surface area contributed by atoms with Crippen LogP contribution < -0.4 is 10.6 Å². The van der Waals surface area contributed by atoms with Crippen LogP contribution in [0.3, 0.4) is 0 Å². The van der Waals surface area contributed by atoms with Crippen molar-refractivity contribution >= 4 is 11.8 Å². The van der Waals surface area contributed by atoms with Gasteiger partial charge in [0.25, 0.3) is 0 Å². The Hall–Kier alpha value is -3.56. The summed E-state index contributed by atoms with van der Waals surface area (Å²) in [6, 6.07) is 25.0. The van der Waals surface area contributed by atoms with Crippen molar-refractivity contribution < 1.29 is 24.2 Å². The number of rotatable bonds is 28. The molecule has 3 N–H and O–H groups in total. The fraction of sp³-hybridized carbons (Fsp3) is 0.600. The molecule has 4 atom stereocenters. The molecule has 4 rings (SSSR count). The van der Waals surface area contributed by atoms with Gasteiger partial charge in [0, 0.05) is 44.5 Å². The van der Waals surface area contributed by atoms with Gasteiger partial charge in [0.05, 0.1) is 18.8 Å². The van der Waals surface area contributed by atoms with Crippen molar-refractivity contribution in [1.82, 2.24) is 15.5 Å². The van der Waals surface area contributed by atoms with Gasteiger partial charge >= 0.3 is 0 Å². The minimum absolute atomic E-state index is 0.0114. The Morgan fingerprint density at radius 1 is 0.690 bits per heavy atom. The van der Waals surface area contributed by atoms with Crippen LogP contribution in [0.4, 0.5) is 0 Å². The highest BCUT2D eigenvalue weighted by molar-refractivity contribution is 5.76. The first-order valence-electron chi connectivity index (χ1n) is 22.7. The van der Waals surface area contributed by atoms with Gasteiger partial charge in [0.15, 0.2) is 6.29 Å². The maximum absolute atomic E-state index is 12.7. The summed E-state index contributed by atoms with van der Waals surface area (Å²) in [6.07, 6.45) is 17.9. The molecule has 8 heteroatoms. The Labute approximate surface area is 350 Å². The molecule has 1 aliphatic rings. The second-order valence-electron chi connectivity index (χ2n) is 16.5. The highest BCUT2D eigenvalue weighted by Gasteiger charge is 2.39. The zero-order valence-electron chi connectivity index (χ0n) is 36.3. The number of carbonyl (C=O) groups is 2. The molecule has 0 aromatic heterocycles. The van der Waals surface area contributed by atoms with E-state index >= 15 is 0 Å². The van der Waals surface area contributed by atoms with Crippen LogP contribution in [0, 0.1) is 5.92 Å². The Bertz CT molecular complexity index is 1560. The first-order chi connectivity index (χ1) is 28.3. The molecule has 2 amide bonds. The van der Waals surface area contributed by atoms with Crippen LogP contribution >= 0.6 is 0 Å². The molecule has 8 nitrogen and oxygen atoms in total. The lowest BCUT2D eigenvalue weighted by molar-refractivity contribution is -0.276. The molecule has 1 saturated heterocycles. The summed E-state index contributed by atoms with van der Waals surface area (Å²) in [4.78, 5) is 26.4. The number of nitrogens with one attached hydrogen (secondary N) is 2. The topological polar surface area (TPSA) is 100 Å². The lowest BCUT2D eigenvalue weighted by Crippen LogP contribution is -2.45. The van der Waals surface area contributed by atoms with Gasteiger partial charge in [0.1, 0.15) is 0 Å². The van der Waals surface area contributed by atoms with Crippen LogP contribution in [0.15, 0.2) is 72.8 Å². The molecule has 0 radical (unpaired) electrons. The number of carbonyl (C=O) groups excluding carboxylic acids is 2. The summed E-state index contributed by atoms with van der Waals surface area (Å²) in [6.45, 7) is 12.6. The molecule has 4 unspecified atom stereocenters. The second-order valence-corrected chi connectivity index (χ2v) is 16.5. The largest absolute Gasteiger partial charge is 0.392 e. The van der Waals surface area contributed by atoms with Gasteiger partial charge in [0.2, 0.25) is 11.8 Å². The number of nitrogens with zero attached hydrogens (tertiary/aromatic N) is 1. The van der Waals surface area contributed by atoms with Crippen LogP contribution in [0.2, 0.25) is 0 Å².